The van der Waals surface area contributed by atoms with Gasteiger partial charge >= 0.3 is 0 Å². The predicted octanol–water partition coefficient (Wildman–Crippen LogP) is 2.63. The molecule has 82 valence electrons. The first-order valence-electron chi connectivity index (χ1n) is 5.68. The van der Waals surface area contributed by atoms with Crippen LogP contribution in [-0.4, -0.2) is 15.8 Å². The van der Waals surface area contributed by atoms with Crippen molar-refractivity contribution < 1.29 is 10.2 Å². The number of rotatable bonds is 2. The fourth-order valence-electron chi connectivity index (χ4n) is 2.43. The summed E-state index contributed by atoms with van der Waals surface area (Å²) in [4.78, 5) is 0. The summed E-state index contributed by atoms with van der Waals surface area (Å²) in [6, 6.07) is 7.20. The standard InChI is InChI=1S/C13H18O2/c14-12-6-4-5-11(9-12)10-13(15)7-2-1-3-8-13/h4-6,9,14-15H,1-3,7-8,10H2. The smallest absolute Gasteiger partial charge is 0.115 e. The molecule has 0 amide bonds. The van der Waals surface area contributed by atoms with E-state index >= 15 is 0 Å². The maximum absolute atomic E-state index is 10.3. The van der Waals surface area contributed by atoms with Crippen LogP contribution in [-0.2, 0) is 6.42 Å². The molecule has 1 aliphatic carbocycles. The second kappa shape index (κ2) is 4.23. The molecule has 0 heterocycles. The monoisotopic (exact) mass is 206 g/mol. The molecule has 0 radical (unpaired) electrons. The van der Waals surface area contributed by atoms with Crippen molar-refractivity contribution in [3.05, 3.63) is 29.8 Å². The number of aliphatic hydroxyl groups is 1. The fourth-order valence-corrected chi connectivity index (χ4v) is 2.43. The molecule has 0 aromatic heterocycles. The molecule has 0 aliphatic heterocycles. The zero-order chi connectivity index (χ0) is 10.7. The van der Waals surface area contributed by atoms with Gasteiger partial charge in [0.05, 0.1) is 5.60 Å². The van der Waals surface area contributed by atoms with Gasteiger partial charge in [-0.1, -0.05) is 31.4 Å². The van der Waals surface area contributed by atoms with Crippen LogP contribution in [0.1, 0.15) is 37.7 Å². The van der Waals surface area contributed by atoms with Crippen molar-refractivity contribution in [2.75, 3.05) is 0 Å². The van der Waals surface area contributed by atoms with Gasteiger partial charge in [-0.25, -0.2) is 0 Å². The van der Waals surface area contributed by atoms with Crippen molar-refractivity contribution in [1.82, 2.24) is 0 Å². The van der Waals surface area contributed by atoms with Gasteiger partial charge in [0.15, 0.2) is 0 Å². The van der Waals surface area contributed by atoms with Gasteiger partial charge in [-0.3, -0.25) is 0 Å². The molecule has 0 spiro atoms. The highest BCUT2D eigenvalue weighted by atomic mass is 16.3. The minimum Gasteiger partial charge on any atom is -0.508 e. The Morgan fingerprint density at radius 1 is 1.13 bits per heavy atom. The maximum atomic E-state index is 10.3. The molecule has 0 bridgehead atoms. The SMILES string of the molecule is Oc1cccc(CC2(O)CCCCC2)c1. The summed E-state index contributed by atoms with van der Waals surface area (Å²) >= 11 is 0. The lowest BCUT2D eigenvalue weighted by Crippen LogP contribution is -2.33. The zero-order valence-corrected chi connectivity index (χ0v) is 8.95. The summed E-state index contributed by atoms with van der Waals surface area (Å²) in [5, 5.41) is 19.7. The number of hydrogen-bond donors (Lipinski definition) is 2. The Morgan fingerprint density at radius 3 is 2.53 bits per heavy atom. The van der Waals surface area contributed by atoms with E-state index in [0.717, 1.165) is 31.2 Å². The lowest BCUT2D eigenvalue weighted by Gasteiger charge is -2.32. The van der Waals surface area contributed by atoms with Gasteiger partial charge in [0.1, 0.15) is 5.75 Å². The molecule has 2 nitrogen and oxygen atoms in total. The molecule has 1 aliphatic rings. The number of aromatic hydroxyl groups is 1. The van der Waals surface area contributed by atoms with Crippen molar-refractivity contribution in [2.24, 2.45) is 0 Å². The summed E-state index contributed by atoms with van der Waals surface area (Å²) in [6.07, 6.45) is 5.93. The van der Waals surface area contributed by atoms with E-state index < -0.39 is 5.60 Å². The molecule has 2 heteroatoms. The zero-order valence-electron chi connectivity index (χ0n) is 8.95. The molecule has 0 unspecified atom stereocenters. The predicted molar refractivity (Wildman–Crippen MR) is 59.8 cm³/mol. The molecule has 0 saturated heterocycles. The third-order valence-electron chi connectivity index (χ3n) is 3.23. The van der Waals surface area contributed by atoms with Crippen LogP contribution >= 0.6 is 0 Å². The number of benzene rings is 1. The first kappa shape index (κ1) is 10.5. The summed E-state index contributed by atoms with van der Waals surface area (Å²) in [6.45, 7) is 0. The van der Waals surface area contributed by atoms with Crippen LogP contribution in [0.25, 0.3) is 0 Å². The van der Waals surface area contributed by atoms with Gasteiger partial charge in [-0.2, -0.15) is 0 Å². The van der Waals surface area contributed by atoms with Crippen LogP contribution in [0.3, 0.4) is 0 Å². The largest absolute Gasteiger partial charge is 0.508 e. The fraction of sp³-hybridized carbons (Fsp3) is 0.538. The van der Waals surface area contributed by atoms with E-state index in [1.54, 1.807) is 12.1 Å². The maximum Gasteiger partial charge on any atom is 0.115 e. The third-order valence-corrected chi connectivity index (χ3v) is 3.23. The Bertz CT molecular complexity index is 327. The minimum absolute atomic E-state index is 0.284. The third kappa shape index (κ3) is 2.72. The van der Waals surface area contributed by atoms with E-state index in [0.29, 0.717) is 6.42 Å². The van der Waals surface area contributed by atoms with E-state index in [9.17, 15) is 10.2 Å². The van der Waals surface area contributed by atoms with Crippen molar-refractivity contribution in [2.45, 2.75) is 44.1 Å². The van der Waals surface area contributed by atoms with E-state index in [2.05, 4.69) is 0 Å². The van der Waals surface area contributed by atoms with Crippen LogP contribution in [0.15, 0.2) is 24.3 Å². The summed E-state index contributed by atoms with van der Waals surface area (Å²) < 4.78 is 0. The normalized spacial score (nSPS) is 20.1. The highest BCUT2D eigenvalue weighted by molar-refractivity contribution is 5.28. The molecule has 0 atom stereocenters. The van der Waals surface area contributed by atoms with Crippen LogP contribution in [0.2, 0.25) is 0 Å². The van der Waals surface area contributed by atoms with Gasteiger partial charge in [-0.05, 0) is 30.5 Å². The average molecular weight is 206 g/mol. The lowest BCUT2D eigenvalue weighted by molar-refractivity contribution is 0.00447. The minimum atomic E-state index is -0.536. The highest BCUT2D eigenvalue weighted by Crippen LogP contribution is 2.31. The van der Waals surface area contributed by atoms with Crippen molar-refractivity contribution in [3.8, 4) is 5.75 Å². The summed E-state index contributed by atoms with van der Waals surface area (Å²) in [5.41, 5.74) is 0.492. The van der Waals surface area contributed by atoms with E-state index in [1.807, 2.05) is 12.1 Å². The van der Waals surface area contributed by atoms with E-state index in [-0.39, 0.29) is 5.75 Å². The topological polar surface area (TPSA) is 40.5 Å². The molecule has 2 rings (SSSR count). The molecular weight excluding hydrogens is 188 g/mol. The van der Waals surface area contributed by atoms with Crippen molar-refractivity contribution >= 4 is 0 Å². The number of phenolic OH excluding ortho intramolecular Hbond substituents is 1. The number of hydrogen-bond acceptors (Lipinski definition) is 2. The molecule has 2 N–H and O–H groups in total. The van der Waals surface area contributed by atoms with E-state index in [4.69, 9.17) is 0 Å². The first-order valence-corrected chi connectivity index (χ1v) is 5.68. The van der Waals surface area contributed by atoms with Crippen LogP contribution < -0.4 is 0 Å². The summed E-state index contributed by atoms with van der Waals surface area (Å²) in [5.74, 6) is 0.284. The molecule has 1 saturated carbocycles. The average Bonchev–Trinajstić information content (AvgIpc) is 2.18. The molecule has 1 aromatic carbocycles. The van der Waals surface area contributed by atoms with Crippen molar-refractivity contribution in [1.29, 1.82) is 0 Å². The highest BCUT2D eigenvalue weighted by Gasteiger charge is 2.29. The Hall–Kier alpha value is -1.02. The molecule has 1 fully saturated rings. The second-order valence-electron chi connectivity index (χ2n) is 4.63. The van der Waals surface area contributed by atoms with Crippen LogP contribution in [0, 0.1) is 0 Å². The number of phenols is 1. The molecular formula is C13H18O2. The van der Waals surface area contributed by atoms with Crippen LogP contribution in [0.5, 0.6) is 5.75 Å². The first-order chi connectivity index (χ1) is 7.18. The van der Waals surface area contributed by atoms with Gasteiger partial charge in [0, 0.05) is 6.42 Å². The lowest BCUT2D eigenvalue weighted by atomic mass is 9.80. The Kier molecular flexibility index (Phi) is 2.96. The van der Waals surface area contributed by atoms with Gasteiger partial charge in [-0.15, -0.1) is 0 Å². The van der Waals surface area contributed by atoms with Crippen LogP contribution in [0.4, 0.5) is 0 Å². The van der Waals surface area contributed by atoms with Crippen molar-refractivity contribution in [3.63, 3.8) is 0 Å². The Morgan fingerprint density at radius 2 is 1.87 bits per heavy atom. The quantitative estimate of drug-likeness (QED) is 0.781. The second-order valence-corrected chi connectivity index (χ2v) is 4.63. The van der Waals surface area contributed by atoms with Gasteiger partial charge in [0.25, 0.3) is 0 Å². The Labute approximate surface area is 90.6 Å². The van der Waals surface area contributed by atoms with Gasteiger partial charge < -0.3 is 10.2 Å². The van der Waals surface area contributed by atoms with Gasteiger partial charge in [0.2, 0.25) is 0 Å². The molecule has 1 aromatic rings. The Balaban J connectivity index is 2.06. The molecule has 15 heavy (non-hydrogen) atoms. The van der Waals surface area contributed by atoms with E-state index in [1.165, 1.54) is 6.42 Å². The summed E-state index contributed by atoms with van der Waals surface area (Å²) in [7, 11) is 0.